The highest BCUT2D eigenvalue weighted by molar-refractivity contribution is 7.90. The molecule has 128 valence electrons. The molecule has 7 heteroatoms. The topological polar surface area (TPSA) is 72.3 Å². The number of piperidine rings is 1. The number of sulfone groups is 1. The van der Waals surface area contributed by atoms with E-state index in [4.69, 9.17) is 0 Å². The quantitative estimate of drug-likeness (QED) is 0.848. The molecular formula is C17H21N3O3S. The van der Waals surface area contributed by atoms with E-state index in [2.05, 4.69) is 5.10 Å². The molecule has 2 heterocycles. The van der Waals surface area contributed by atoms with E-state index in [1.807, 2.05) is 21.8 Å². The van der Waals surface area contributed by atoms with Crippen molar-refractivity contribution in [2.45, 2.75) is 36.7 Å². The molecule has 1 atom stereocenters. The predicted octanol–water partition coefficient (Wildman–Crippen LogP) is 1.98. The van der Waals surface area contributed by atoms with Crippen molar-refractivity contribution in [3.05, 3.63) is 48.3 Å². The Hall–Kier alpha value is -2.15. The molecule has 3 rings (SSSR count). The fourth-order valence-corrected chi connectivity index (χ4v) is 3.77. The van der Waals surface area contributed by atoms with Gasteiger partial charge in [-0.15, -0.1) is 0 Å². The molecule has 0 spiro atoms. The zero-order chi connectivity index (χ0) is 17.2. The Morgan fingerprint density at radius 2 is 2.12 bits per heavy atom. The number of hydrogen-bond acceptors (Lipinski definition) is 4. The molecule has 0 aliphatic carbocycles. The molecular weight excluding hydrogens is 326 g/mol. The minimum absolute atomic E-state index is 0.0769. The third-order valence-electron chi connectivity index (χ3n) is 4.35. The van der Waals surface area contributed by atoms with Crippen molar-refractivity contribution in [1.82, 2.24) is 14.7 Å². The Bertz CT molecular complexity index is 815. The van der Waals surface area contributed by atoms with Crippen LogP contribution in [0.15, 0.2) is 47.6 Å². The molecule has 0 saturated carbocycles. The zero-order valence-corrected chi connectivity index (χ0v) is 14.4. The van der Waals surface area contributed by atoms with Crippen LogP contribution >= 0.6 is 0 Å². The van der Waals surface area contributed by atoms with Gasteiger partial charge in [0.05, 0.1) is 17.5 Å². The van der Waals surface area contributed by atoms with Gasteiger partial charge in [-0.1, -0.05) is 6.07 Å². The normalized spacial score (nSPS) is 18.5. The van der Waals surface area contributed by atoms with Crippen molar-refractivity contribution >= 4 is 15.7 Å². The minimum Gasteiger partial charge on any atom is -0.334 e. The first-order valence-electron chi connectivity index (χ1n) is 8.04. The summed E-state index contributed by atoms with van der Waals surface area (Å²) in [5.74, 6) is -0.114. The van der Waals surface area contributed by atoms with Crippen LogP contribution in [0.4, 0.5) is 0 Å². The van der Waals surface area contributed by atoms with E-state index in [-0.39, 0.29) is 16.8 Å². The highest BCUT2D eigenvalue weighted by Gasteiger charge is 2.28. The molecule has 1 amide bonds. The number of carbonyl (C=O) groups is 1. The van der Waals surface area contributed by atoms with Gasteiger partial charge in [-0.2, -0.15) is 5.10 Å². The number of carbonyl (C=O) groups excluding carboxylic acids is 1. The van der Waals surface area contributed by atoms with Crippen molar-refractivity contribution in [2.24, 2.45) is 0 Å². The van der Waals surface area contributed by atoms with E-state index in [0.717, 1.165) is 25.5 Å². The van der Waals surface area contributed by atoms with Gasteiger partial charge in [0.1, 0.15) is 0 Å². The second kappa shape index (κ2) is 6.76. The summed E-state index contributed by atoms with van der Waals surface area (Å²) in [7, 11) is -3.33. The van der Waals surface area contributed by atoms with E-state index in [9.17, 15) is 13.2 Å². The monoisotopic (exact) mass is 347 g/mol. The third-order valence-corrected chi connectivity index (χ3v) is 5.46. The maximum absolute atomic E-state index is 12.9. The standard InChI is InChI=1S/C17H21N3O3S/c1-24(22,23)16-8-4-6-14(12-16)17(21)20-11-3-2-7-15(20)13-19-10-5-9-18-19/h4-6,8-10,12,15H,2-3,7,11,13H2,1H3/t15-/m1/s1. The summed E-state index contributed by atoms with van der Waals surface area (Å²) in [6.45, 7) is 1.35. The summed E-state index contributed by atoms with van der Waals surface area (Å²) in [6.07, 6.45) is 7.74. The fourth-order valence-electron chi connectivity index (χ4n) is 3.11. The van der Waals surface area contributed by atoms with Gasteiger partial charge in [0, 0.05) is 30.8 Å². The molecule has 6 nitrogen and oxygen atoms in total. The Balaban J connectivity index is 1.84. The van der Waals surface area contributed by atoms with Crippen LogP contribution in [0, 0.1) is 0 Å². The average molecular weight is 347 g/mol. The van der Waals surface area contributed by atoms with Crippen molar-refractivity contribution in [1.29, 1.82) is 0 Å². The van der Waals surface area contributed by atoms with Crippen molar-refractivity contribution in [3.8, 4) is 0 Å². The number of nitrogens with zero attached hydrogens (tertiary/aromatic N) is 3. The SMILES string of the molecule is CS(=O)(=O)c1cccc(C(=O)N2CCCC[C@@H]2Cn2cccn2)c1. The molecule has 2 aromatic rings. The van der Waals surface area contributed by atoms with Gasteiger partial charge in [0.2, 0.25) is 0 Å². The van der Waals surface area contributed by atoms with E-state index >= 15 is 0 Å². The van der Waals surface area contributed by atoms with Crippen LogP contribution in [0.2, 0.25) is 0 Å². The smallest absolute Gasteiger partial charge is 0.254 e. The van der Waals surface area contributed by atoms with Crippen LogP contribution in [0.5, 0.6) is 0 Å². The second-order valence-corrected chi connectivity index (χ2v) is 8.19. The lowest BCUT2D eigenvalue weighted by molar-refractivity contribution is 0.0583. The summed E-state index contributed by atoms with van der Waals surface area (Å²) >= 11 is 0. The maximum atomic E-state index is 12.9. The number of hydrogen-bond donors (Lipinski definition) is 0. The number of likely N-dealkylation sites (tertiary alicyclic amines) is 1. The summed E-state index contributed by atoms with van der Waals surface area (Å²) < 4.78 is 25.3. The van der Waals surface area contributed by atoms with Crippen LogP contribution < -0.4 is 0 Å². The molecule has 1 aliphatic rings. The van der Waals surface area contributed by atoms with Crippen LogP contribution in [-0.2, 0) is 16.4 Å². The van der Waals surface area contributed by atoms with Gasteiger partial charge in [-0.25, -0.2) is 8.42 Å². The summed E-state index contributed by atoms with van der Waals surface area (Å²) in [4.78, 5) is 14.9. The van der Waals surface area contributed by atoms with Gasteiger partial charge < -0.3 is 4.90 Å². The van der Waals surface area contributed by atoms with E-state index in [1.54, 1.807) is 18.3 Å². The molecule has 0 bridgehead atoms. The van der Waals surface area contributed by atoms with Crippen LogP contribution in [0.1, 0.15) is 29.6 Å². The third kappa shape index (κ3) is 3.67. The van der Waals surface area contributed by atoms with Crippen molar-refractivity contribution in [2.75, 3.05) is 12.8 Å². The first-order chi connectivity index (χ1) is 11.4. The predicted molar refractivity (Wildman–Crippen MR) is 90.5 cm³/mol. The van der Waals surface area contributed by atoms with Crippen LogP contribution in [0.25, 0.3) is 0 Å². The van der Waals surface area contributed by atoms with E-state index in [0.29, 0.717) is 18.7 Å². The summed E-state index contributed by atoms with van der Waals surface area (Å²) in [5, 5.41) is 4.22. The Labute approximate surface area is 142 Å². The highest BCUT2D eigenvalue weighted by Crippen LogP contribution is 2.22. The van der Waals surface area contributed by atoms with Crippen molar-refractivity contribution in [3.63, 3.8) is 0 Å². The first kappa shape index (κ1) is 16.7. The molecule has 1 saturated heterocycles. The largest absolute Gasteiger partial charge is 0.334 e. The maximum Gasteiger partial charge on any atom is 0.254 e. The minimum atomic E-state index is -3.33. The van der Waals surface area contributed by atoms with Gasteiger partial charge in [-0.05, 0) is 43.5 Å². The number of rotatable bonds is 4. The fraction of sp³-hybridized carbons (Fsp3) is 0.412. The molecule has 1 fully saturated rings. The van der Waals surface area contributed by atoms with Gasteiger partial charge in [0.15, 0.2) is 9.84 Å². The van der Waals surface area contributed by atoms with Gasteiger partial charge in [0.25, 0.3) is 5.91 Å². The van der Waals surface area contributed by atoms with Crippen LogP contribution in [-0.4, -0.2) is 47.8 Å². The van der Waals surface area contributed by atoms with E-state index in [1.165, 1.54) is 12.1 Å². The Morgan fingerprint density at radius 1 is 1.29 bits per heavy atom. The lowest BCUT2D eigenvalue weighted by atomic mass is 10.0. The molecule has 1 aromatic heterocycles. The molecule has 1 aromatic carbocycles. The number of amides is 1. The van der Waals surface area contributed by atoms with Crippen molar-refractivity contribution < 1.29 is 13.2 Å². The first-order valence-corrected chi connectivity index (χ1v) is 9.93. The lowest BCUT2D eigenvalue weighted by Gasteiger charge is -2.35. The molecule has 24 heavy (non-hydrogen) atoms. The summed E-state index contributed by atoms with van der Waals surface area (Å²) in [6, 6.07) is 8.23. The molecule has 0 N–H and O–H groups in total. The Kier molecular flexibility index (Phi) is 4.71. The van der Waals surface area contributed by atoms with Gasteiger partial charge in [-0.3, -0.25) is 9.48 Å². The van der Waals surface area contributed by atoms with Crippen LogP contribution in [0.3, 0.4) is 0 Å². The Morgan fingerprint density at radius 3 is 2.83 bits per heavy atom. The highest BCUT2D eigenvalue weighted by atomic mass is 32.2. The zero-order valence-electron chi connectivity index (χ0n) is 13.6. The lowest BCUT2D eigenvalue weighted by Crippen LogP contribution is -2.46. The van der Waals surface area contributed by atoms with Gasteiger partial charge >= 0.3 is 0 Å². The molecule has 0 unspecified atom stereocenters. The molecule has 0 radical (unpaired) electrons. The second-order valence-electron chi connectivity index (χ2n) is 6.18. The van der Waals surface area contributed by atoms with E-state index < -0.39 is 9.84 Å². The summed E-state index contributed by atoms with van der Waals surface area (Å²) in [5.41, 5.74) is 0.422. The molecule has 1 aliphatic heterocycles. The number of aromatic nitrogens is 2. The number of benzene rings is 1. The average Bonchev–Trinajstić information content (AvgIpc) is 3.07.